The molecule has 8 heteroatoms. The molecule has 0 aliphatic carbocycles. The molecule has 22 heavy (non-hydrogen) atoms. The zero-order chi connectivity index (χ0) is 15.7. The van der Waals surface area contributed by atoms with Gasteiger partial charge in [-0.1, -0.05) is 0 Å². The Kier molecular flexibility index (Phi) is 3.93. The van der Waals surface area contributed by atoms with Crippen LogP contribution in [-0.2, 0) is 4.79 Å². The van der Waals surface area contributed by atoms with Crippen LogP contribution in [0.3, 0.4) is 0 Å². The van der Waals surface area contributed by atoms with E-state index in [0.717, 1.165) is 5.52 Å². The van der Waals surface area contributed by atoms with Gasteiger partial charge in [0, 0.05) is 25.5 Å². The van der Waals surface area contributed by atoms with Gasteiger partial charge in [-0.25, -0.2) is 4.79 Å². The molecular weight excluding hydrogens is 352 g/mol. The number of likely N-dealkylation sites (tertiary alicyclic amines) is 1. The third-order valence-corrected chi connectivity index (χ3v) is 4.45. The van der Waals surface area contributed by atoms with Gasteiger partial charge in [0.1, 0.15) is 5.52 Å². The molecule has 1 aliphatic heterocycles. The fraction of sp³-hybridized carbons (Fsp3) is 0.286. The van der Waals surface area contributed by atoms with Crippen molar-refractivity contribution in [2.75, 3.05) is 18.4 Å². The van der Waals surface area contributed by atoms with Gasteiger partial charge in [0.15, 0.2) is 0 Å². The number of anilines is 1. The molecule has 1 unspecified atom stereocenters. The van der Waals surface area contributed by atoms with Crippen molar-refractivity contribution in [1.82, 2.24) is 14.9 Å². The van der Waals surface area contributed by atoms with Crippen molar-refractivity contribution in [3.63, 3.8) is 0 Å². The number of urea groups is 1. The summed E-state index contributed by atoms with van der Waals surface area (Å²) in [7, 11) is 0. The number of fused-ring (bicyclic) bond motifs is 1. The standard InChI is InChI=1S/C14H13BrN4O3/c15-11-9(1-2-10-12(11)17-5-4-16-10)18-14(22)19-6-3-8(7-19)13(20)21/h1-2,4-5,8H,3,6-7H2,(H,18,22)(H,20,21). The topological polar surface area (TPSA) is 95.4 Å². The van der Waals surface area contributed by atoms with Crippen LogP contribution in [-0.4, -0.2) is 45.1 Å². The molecule has 1 aromatic heterocycles. The number of benzene rings is 1. The first-order valence-electron chi connectivity index (χ1n) is 6.74. The number of carboxylic acid groups (broad SMARTS) is 1. The third-order valence-electron chi connectivity index (χ3n) is 3.65. The van der Waals surface area contributed by atoms with E-state index in [1.165, 1.54) is 4.90 Å². The van der Waals surface area contributed by atoms with E-state index in [2.05, 4.69) is 31.2 Å². The Morgan fingerprint density at radius 2 is 2.09 bits per heavy atom. The average Bonchev–Trinajstić information content (AvgIpc) is 3.00. The Morgan fingerprint density at radius 1 is 1.32 bits per heavy atom. The lowest BCUT2D eigenvalue weighted by molar-refractivity contribution is -0.141. The maximum Gasteiger partial charge on any atom is 0.321 e. The largest absolute Gasteiger partial charge is 0.481 e. The molecule has 114 valence electrons. The summed E-state index contributed by atoms with van der Waals surface area (Å²) in [5, 5.41) is 11.8. The molecule has 0 saturated carbocycles. The number of carbonyl (C=O) groups excluding carboxylic acids is 1. The van der Waals surface area contributed by atoms with Crippen LogP contribution in [0.1, 0.15) is 6.42 Å². The van der Waals surface area contributed by atoms with Gasteiger partial charge in [0.2, 0.25) is 0 Å². The number of carboxylic acids is 1. The number of aliphatic carboxylic acids is 1. The molecule has 2 N–H and O–H groups in total. The molecule has 2 heterocycles. The zero-order valence-corrected chi connectivity index (χ0v) is 13.1. The van der Waals surface area contributed by atoms with Crippen molar-refractivity contribution in [3.8, 4) is 0 Å². The van der Waals surface area contributed by atoms with Gasteiger partial charge in [-0.3, -0.25) is 14.8 Å². The molecule has 0 bridgehead atoms. The lowest BCUT2D eigenvalue weighted by atomic mass is 10.1. The highest BCUT2D eigenvalue weighted by Crippen LogP contribution is 2.29. The molecule has 1 fully saturated rings. The van der Waals surface area contributed by atoms with E-state index in [9.17, 15) is 9.59 Å². The van der Waals surface area contributed by atoms with Crippen molar-refractivity contribution < 1.29 is 14.7 Å². The maximum atomic E-state index is 12.2. The molecule has 0 spiro atoms. The molecule has 2 amide bonds. The Bertz CT molecular complexity index is 752. The predicted molar refractivity (Wildman–Crippen MR) is 83.6 cm³/mol. The van der Waals surface area contributed by atoms with E-state index in [1.54, 1.807) is 24.5 Å². The summed E-state index contributed by atoms with van der Waals surface area (Å²) in [5.74, 6) is -1.35. The van der Waals surface area contributed by atoms with Crippen LogP contribution in [0, 0.1) is 5.92 Å². The van der Waals surface area contributed by atoms with Gasteiger partial charge in [0.05, 0.1) is 21.6 Å². The Balaban J connectivity index is 1.77. The number of halogens is 1. The molecule has 7 nitrogen and oxygen atoms in total. The third kappa shape index (κ3) is 2.74. The highest BCUT2D eigenvalue weighted by molar-refractivity contribution is 9.10. The van der Waals surface area contributed by atoms with E-state index >= 15 is 0 Å². The summed E-state index contributed by atoms with van der Waals surface area (Å²) in [5.41, 5.74) is 1.96. The number of hydrogen-bond donors (Lipinski definition) is 2. The number of carbonyl (C=O) groups is 2. The van der Waals surface area contributed by atoms with Gasteiger partial charge >= 0.3 is 12.0 Å². The second-order valence-electron chi connectivity index (χ2n) is 5.05. The van der Waals surface area contributed by atoms with Crippen molar-refractivity contribution in [1.29, 1.82) is 0 Å². The first-order valence-corrected chi connectivity index (χ1v) is 7.53. The monoisotopic (exact) mass is 364 g/mol. The van der Waals surface area contributed by atoms with Gasteiger partial charge in [-0.05, 0) is 34.5 Å². The first kappa shape index (κ1) is 14.7. The lowest BCUT2D eigenvalue weighted by Gasteiger charge is -2.17. The molecule has 1 aliphatic rings. The summed E-state index contributed by atoms with van der Waals surface area (Å²) in [6, 6.07) is 3.20. The van der Waals surface area contributed by atoms with Crippen LogP contribution < -0.4 is 5.32 Å². The summed E-state index contributed by atoms with van der Waals surface area (Å²) < 4.78 is 0.653. The second kappa shape index (κ2) is 5.88. The molecule has 3 rings (SSSR count). The Hall–Kier alpha value is -2.22. The van der Waals surface area contributed by atoms with Crippen LogP contribution >= 0.6 is 15.9 Å². The normalized spacial score (nSPS) is 17.7. The van der Waals surface area contributed by atoms with Gasteiger partial charge in [-0.15, -0.1) is 0 Å². The number of hydrogen-bond acceptors (Lipinski definition) is 4. The van der Waals surface area contributed by atoms with Crippen LogP contribution in [0.5, 0.6) is 0 Å². The Morgan fingerprint density at radius 3 is 2.82 bits per heavy atom. The van der Waals surface area contributed by atoms with Crippen LogP contribution in [0.2, 0.25) is 0 Å². The van der Waals surface area contributed by atoms with Crippen molar-refractivity contribution in [2.24, 2.45) is 5.92 Å². The van der Waals surface area contributed by atoms with Gasteiger partial charge in [-0.2, -0.15) is 0 Å². The van der Waals surface area contributed by atoms with E-state index < -0.39 is 11.9 Å². The lowest BCUT2D eigenvalue weighted by Crippen LogP contribution is -2.33. The highest BCUT2D eigenvalue weighted by Gasteiger charge is 2.31. The number of rotatable bonds is 2. The maximum absolute atomic E-state index is 12.2. The van der Waals surface area contributed by atoms with Gasteiger partial charge < -0.3 is 15.3 Å². The van der Waals surface area contributed by atoms with E-state index in [4.69, 9.17) is 5.11 Å². The number of nitrogens with one attached hydrogen (secondary N) is 1. The minimum Gasteiger partial charge on any atom is -0.481 e. The Labute approximate surface area is 134 Å². The zero-order valence-electron chi connectivity index (χ0n) is 11.5. The average molecular weight is 365 g/mol. The molecule has 0 radical (unpaired) electrons. The molecule has 1 aromatic carbocycles. The molecule has 1 saturated heterocycles. The number of aromatic nitrogens is 2. The van der Waals surface area contributed by atoms with Crippen molar-refractivity contribution in [3.05, 3.63) is 29.0 Å². The summed E-state index contributed by atoms with van der Waals surface area (Å²) >= 11 is 3.42. The van der Waals surface area contributed by atoms with Crippen LogP contribution in [0.15, 0.2) is 29.0 Å². The minimum atomic E-state index is -0.863. The van der Waals surface area contributed by atoms with E-state index in [0.29, 0.717) is 28.6 Å². The van der Waals surface area contributed by atoms with Crippen molar-refractivity contribution in [2.45, 2.75) is 6.42 Å². The number of nitrogens with zero attached hydrogens (tertiary/aromatic N) is 3. The number of amides is 2. The van der Waals surface area contributed by atoms with Crippen LogP contribution in [0.4, 0.5) is 10.5 Å². The quantitative estimate of drug-likeness (QED) is 0.852. The molecule has 2 aromatic rings. The smallest absolute Gasteiger partial charge is 0.321 e. The fourth-order valence-electron chi connectivity index (χ4n) is 2.44. The SMILES string of the molecule is O=C(O)C1CCN(C(=O)Nc2ccc3nccnc3c2Br)C1. The highest BCUT2D eigenvalue weighted by atomic mass is 79.9. The fourth-order valence-corrected chi connectivity index (χ4v) is 2.98. The minimum absolute atomic E-state index is 0.228. The van der Waals surface area contributed by atoms with E-state index in [-0.39, 0.29) is 12.6 Å². The van der Waals surface area contributed by atoms with Crippen LogP contribution in [0.25, 0.3) is 11.0 Å². The van der Waals surface area contributed by atoms with Gasteiger partial charge in [0.25, 0.3) is 0 Å². The van der Waals surface area contributed by atoms with Crippen molar-refractivity contribution >= 4 is 44.7 Å². The second-order valence-corrected chi connectivity index (χ2v) is 5.84. The summed E-state index contributed by atoms with van der Waals surface area (Å²) in [4.78, 5) is 33.1. The molecular formula is C14H13BrN4O3. The predicted octanol–water partition coefficient (Wildman–Crippen LogP) is 2.33. The first-order chi connectivity index (χ1) is 10.6. The summed E-state index contributed by atoms with van der Waals surface area (Å²) in [6.45, 7) is 0.667. The summed E-state index contributed by atoms with van der Waals surface area (Å²) in [6.07, 6.45) is 3.66. The van der Waals surface area contributed by atoms with E-state index in [1.807, 2.05) is 0 Å². The molecule has 1 atom stereocenters.